The van der Waals surface area contributed by atoms with Gasteiger partial charge in [0.2, 0.25) is 5.88 Å². The van der Waals surface area contributed by atoms with Crippen LogP contribution < -0.4 is 15.7 Å². The summed E-state index contributed by atoms with van der Waals surface area (Å²) in [6, 6.07) is 17.1. The van der Waals surface area contributed by atoms with E-state index < -0.39 is 16.5 Å². The van der Waals surface area contributed by atoms with Gasteiger partial charge in [-0.1, -0.05) is 36.4 Å². The van der Waals surface area contributed by atoms with Crippen molar-refractivity contribution in [1.82, 2.24) is 9.97 Å². The Labute approximate surface area is 181 Å². The highest BCUT2D eigenvalue weighted by atomic mass is 16.6. The van der Waals surface area contributed by atoms with Crippen molar-refractivity contribution in [2.45, 2.75) is 12.8 Å². The van der Waals surface area contributed by atoms with Gasteiger partial charge in [0.05, 0.1) is 22.0 Å². The number of aromatic nitrogens is 2. The SMILES string of the molecule is Cc1cc2c(c(=O)o1)C(c1ccccc1)c1c(Nc3cccc([N+](=O)[O-])c3)ncnc1O2. The molecule has 0 aliphatic carbocycles. The number of non-ortho nitro benzene ring substituents is 1. The smallest absolute Gasteiger partial charge is 0.343 e. The molecule has 3 heterocycles. The molecular weight excluding hydrogens is 412 g/mol. The first-order chi connectivity index (χ1) is 15.5. The largest absolute Gasteiger partial charge is 0.438 e. The predicted molar refractivity (Wildman–Crippen MR) is 116 cm³/mol. The molecule has 1 aliphatic heterocycles. The van der Waals surface area contributed by atoms with Gasteiger partial charge in [0.1, 0.15) is 23.7 Å². The van der Waals surface area contributed by atoms with Crippen molar-refractivity contribution in [2.24, 2.45) is 0 Å². The molecule has 1 N–H and O–H groups in total. The third kappa shape index (κ3) is 3.35. The summed E-state index contributed by atoms with van der Waals surface area (Å²) >= 11 is 0. The van der Waals surface area contributed by atoms with Crippen molar-refractivity contribution in [1.29, 1.82) is 0 Å². The van der Waals surface area contributed by atoms with Gasteiger partial charge in [-0.3, -0.25) is 10.1 Å². The number of benzene rings is 2. The molecule has 9 nitrogen and oxygen atoms in total. The summed E-state index contributed by atoms with van der Waals surface area (Å²) in [5, 5.41) is 14.3. The second-order valence-corrected chi connectivity index (χ2v) is 7.24. The van der Waals surface area contributed by atoms with Crippen LogP contribution >= 0.6 is 0 Å². The van der Waals surface area contributed by atoms with Gasteiger partial charge in [-0.2, -0.15) is 0 Å². The second-order valence-electron chi connectivity index (χ2n) is 7.24. The zero-order valence-corrected chi connectivity index (χ0v) is 16.8. The zero-order chi connectivity index (χ0) is 22.2. The summed E-state index contributed by atoms with van der Waals surface area (Å²) in [7, 11) is 0. The first kappa shape index (κ1) is 19.4. The first-order valence-electron chi connectivity index (χ1n) is 9.75. The summed E-state index contributed by atoms with van der Waals surface area (Å²) in [5.74, 6) is 0.900. The fourth-order valence-corrected chi connectivity index (χ4v) is 3.82. The lowest BCUT2D eigenvalue weighted by Gasteiger charge is -2.28. The number of hydrogen-bond acceptors (Lipinski definition) is 8. The molecule has 0 amide bonds. The second kappa shape index (κ2) is 7.62. The van der Waals surface area contributed by atoms with E-state index in [-0.39, 0.29) is 5.69 Å². The molecule has 2 aromatic heterocycles. The van der Waals surface area contributed by atoms with E-state index in [9.17, 15) is 14.9 Å². The number of hydrogen-bond donors (Lipinski definition) is 1. The van der Waals surface area contributed by atoms with E-state index in [1.54, 1.807) is 25.1 Å². The highest BCUT2D eigenvalue weighted by Crippen LogP contribution is 2.47. The van der Waals surface area contributed by atoms with Crippen molar-refractivity contribution >= 4 is 17.2 Å². The van der Waals surface area contributed by atoms with Crippen LogP contribution in [-0.2, 0) is 0 Å². The number of rotatable bonds is 4. The maximum atomic E-state index is 12.9. The quantitative estimate of drug-likeness (QED) is 0.324. The first-order valence-corrected chi connectivity index (χ1v) is 9.75. The van der Waals surface area contributed by atoms with E-state index in [0.717, 1.165) is 5.56 Å². The highest BCUT2D eigenvalue weighted by molar-refractivity contribution is 5.69. The molecule has 1 atom stereocenters. The van der Waals surface area contributed by atoms with Gasteiger partial charge >= 0.3 is 5.63 Å². The highest BCUT2D eigenvalue weighted by Gasteiger charge is 2.36. The molecule has 158 valence electrons. The van der Waals surface area contributed by atoms with Gasteiger partial charge in [-0.05, 0) is 18.6 Å². The third-order valence-corrected chi connectivity index (χ3v) is 5.16. The Morgan fingerprint density at radius 1 is 1.03 bits per heavy atom. The number of fused-ring (bicyclic) bond motifs is 2. The number of nitrogens with one attached hydrogen (secondary N) is 1. The number of aryl methyl sites for hydroxylation is 1. The van der Waals surface area contributed by atoms with Crippen LogP contribution in [0.15, 0.2) is 76.2 Å². The van der Waals surface area contributed by atoms with Crippen molar-refractivity contribution in [2.75, 3.05) is 5.32 Å². The van der Waals surface area contributed by atoms with Crippen LogP contribution in [0.1, 0.15) is 28.4 Å². The molecule has 0 radical (unpaired) electrons. The van der Waals surface area contributed by atoms with Crippen molar-refractivity contribution < 1.29 is 14.1 Å². The van der Waals surface area contributed by atoms with Crippen LogP contribution in [0.5, 0.6) is 11.6 Å². The van der Waals surface area contributed by atoms with Gasteiger partial charge < -0.3 is 14.5 Å². The van der Waals surface area contributed by atoms with E-state index in [0.29, 0.717) is 40.0 Å². The van der Waals surface area contributed by atoms with E-state index in [4.69, 9.17) is 9.15 Å². The molecule has 0 spiro atoms. The van der Waals surface area contributed by atoms with Crippen LogP contribution in [0.25, 0.3) is 0 Å². The summed E-state index contributed by atoms with van der Waals surface area (Å²) in [6.07, 6.45) is 1.34. The molecule has 1 aliphatic rings. The minimum atomic E-state index is -0.561. The average molecular weight is 428 g/mol. The average Bonchev–Trinajstić information content (AvgIpc) is 2.78. The standard InChI is InChI=1S/C23H16N4O5/c1-13-10-17-19(23(28)31-13)18(14-6-3-2-4-7-14)20-21(24-12-25-22(20)32-17)26-15-8-5-9-16(11-15)27(29)30/h2-12,18H,1H3,(H,24,25,26). The molecule has 4 aromatic rings. The molecule has 9 heteroatoms. The Kier molecular flexibility index (Phi) is 4.63. The topological polar surface area (TPSA) is 120 Å². The predicted octanol–water partition coefficient (Wildman–Crippen LogP) is 4.68. The van der Waals surface area contributed by atoms with E-state index in [1.165, 1.54) is 18.5 Å². The zero-order valence-electron chi connectivity index (χ0n) is 16.8. The minimum absolute atomic E-state index is 0.0600. The van der Waals surface area contributed by atoms with Crippen LogP contribution in [0.2, 0.25) is 0 Å². The van der Waals surface area contributed by atoms with E-state index in [1.807, 2.05) is 30.3 Å². The van der Waals surface area contributed by atoms with Crippen LogP contribution in [0.3, 0.4) is 0 Å². The fourth-order valence-electron chi connectivity index (χ4n) is 3.82. The molecule has 32 heavy (non-hydrogen) atoms. The Balaban J connectivity index is 1.70. The lowest BCUT2D eigenvalue weighted by molar-refractivity contribution is -0.384. The molecule has 5 rings (SSSR count). The maximum absolute atomic E-state index is 12.9. The Morgan fingerprint density at radius 2 is 1.84 bits per heavy atom. The van der Waals surface area contributed by atoms with Crippen LogP contribution in [0.4, 0.5) is 17.2 Å². The molecular formula is C23H16N4O5. The van der Waals surface area contributed by atoms with Gasteiger partial charge in [0.15, 0.2) is 0 Å². The summed E-state index contributed by atoms with van der Waals surface area (Å²) in [4.78, 5) is 32.2. The van der Waals surface area contributed by atoms with E-state index in [2.05, 4.69) is 15.3 Å². The van der Waals surface area contributed by atoms with Crippen LogP contribution in [-0.4, -0.2) is 14.9 Å². The Morgan fingerprint density at radius 3 is 2.62 bits per heavy atom. The van der Waals surface area contributed by atoms with Crippen molar-refractivity contribution in [3.63, 3.8) is 0 Å². The molecule has 2 aromatic carbocycles. The van der Waals surface area contributed by atoms with Crippen molar-refractivity contribution in [3.05, 3.63) is 110 Å². The van der Waals surface area contributed by atoms with Crippen molar-refractivity contribution in [3.8, 4) is 11.6 Å². The van der Waals surface area contributed by atoms with Gasteiger partial charge in [0.25, 0.3) is 5.69 Å². The monoisotopic (exact) mass is 428 g/mol. The Bertz CT molecular complexity index is 1400. The van der Waals surface area contributed by atoms with E-state index >= 15 is 0 Å². The number of nitro groups is 1. The molecule has 0 fully saturated rings. The number of anilines is 2. The number of nitrogens with zero attached hydrogens (tertiary/aromatic N) is 3. The third-order valence-electron chi connectivity index (χ3n) is 5.16. The summed E-state index contributed by atoms with van der Waals surface area (Å²) in [6.45, 7) is 1.67. The minimum Gasteiger partial charge on any atom is -0.438 e. The fraction of sp³-hybridized carbons (Fsp3) is 0.0870. The number of nitro benzene ring substituents is 1. The van der Waals surface area contributed by atoms with Gasteiger partial charge in [0, 0.05) is 23.9 Å². The molecule has 0 saturated heterocycles. The maximum Gasteiger partial charge on any atom is 0.343 e. The lowest BCUT2D eigenvalue weighted by Crippen LogP contribution is -2.22. The van der Waals surface area contributed by atoms with Gasteiger partial charge in [-0.15, -0.1) is 0 Å². The lowest BCUT2D eigenvalue weighted by atomic mass is 9.84. The normalized spacial score (nSPS) is 14.1. The summed E-state index contributed by atoms with van der Waals surface area (Å²) < 4.78 is 11.3. The Hall–Kier alpha value is -4.53. The summed E-state index contributed by atoms with van der Waals surface area (Å²) in [5.41, 5.74) is 1.60. The molecule has 0 saturated carbocycles. The molecule has 1 unspecified atom stereocenters. The van der Waals surface area contributed by atoms with Gasteiger partial charge in [-0.25, -0.2) is 14.8 Å². The van der Waals surface area contributed by atoms with Crippen LogP contribution in [0, 0.1) is 17.0 Å². The molecule has 0 bridgehead atoms. The number of ether oxygens (including phenoxy) is 1.